The zero-order chi connectivity index (χ0) is 19.9. The van der Waals surface area contributed by atoms with Crippen molar-refractivity contribution >= 4 is 23.5 Å². The van der Waals surface area contributed by atoms with E-state index in [0.29, 0.717) is 11.0 Å². The highest BCUT2D eigenvalue weighted by molar-refractivity contribution is 6.07. The first kappa shape index (κ1) is 21.2. The van der Waals surface area contributed by atoms with Crippen LogP contribution < -0.4 is 4.90 Å². The number of hydrogen-bond donors (Lipinski definition) is 0. The fourth-order valence-corrected chi connectivity index (χ4v) is 2.11. The number of esters is 2. The van der Waals surface area contributed by atoms with Crippen LogP contribution >= 0.6 is 0 Å². The summed E-state index contributed by atoms with van der Waals surface area (Å²) in [5, 5.41) is 0. The average molecular weight is 371 g/mol. The van der Waals surface area contributed by atoms with Crippen LogP contribution in [0.15, 0.2) is 30.4 Å². The van der Waals surface area contributed by atoms with E-state index >= 15 is 0 Å². The van der Waals surface area contributed by atoms with Gasteiger partial charge in [0.05, 0.1) is 25.5 Å². The molecule has 0 saturated heterocycles. The maximum Gasteiger partial charge on any atom is 0.335 e. The largest absolute Gasteiger partial charge is 0.467 e. The van der Waals surface area contributed by atoms with Crippen molar-refractivity contribution in [3.05, 3.63) is 42.0 Å². The minimum Gasteiger partial charge on any atom is -0.467 e. The number of carbonyl (C=O) groups is 3. The predicted octanol–water partition coefficient (Wildman–Crippen LogP) is 1.61. The van der Waals surface area contributed by atoms with Crippen LogP contribution in [0, 0.1) is 11.6 Å². The summed E-state index contributed by atoms with van der Waals surface area (Å²) in [5.74, 6) is -4.93. The van der Waals surface area contributed by atoms with Gasteiger partial charge in [0, 0.05) is 12.7 Å². The standard InChI is InChI=1S/C17H19F2NO6/c1-5-26-9-14(21)20(13-7-6-11(18)8-12(13)19)15(17(23)25-4)10(2)16(22)24-3/h6-8,15H,2,5,9H2,1,3-4H3. The molecule has 7 nitrogen and oxygen atoms in total. The van der Waals surface area contributed by atoms with Gasteiger partial charge < -0.3 is 14.2 Å². The highest BCUT2D eigenvalue weighted by atomic mass is 19.1. The lowest BCUT2D eigenvalue weighted by atomic mass is 10.1. The molecular weight excluding hydrogens is 352 g/mol. The average Bonchev–Trinajstić information content (AvgIpc) is 2.63. The van der Waals surface area contributed by atoms with Crippen LogP contribution in [0.5, 0.6) is 0 Å². The SMILES string of the molecule is C=C(C(=O)OC)C(C(=O)OC)N(C(=O)COCC)c1ccc(F)cc1F. The number of carbonyl (C=O) groups excluding carboxylic acids is 3. The predicted molar refractivity (Wildman–Crippen MR) is 87.3 cm³/mol. The van der Waals surface area contributed by atoms with Gasteiger partial charge in [0.1, 0.15) is 18.2 Å². The number of nitrogens with zero attached hydrogens (tertiary/aromatic N) is 1. The molecule has 0 heterocycles. The summed E-state index contributed by atoms with van der Waals surface area (Å²) in [6.07, 6.45) is 0. The number of amides is 1. The smallest absolute Gasteiger partial charge is 0.335 e. The number of rotatable bonds is 8. The van der Waals surface area contributed by atoms with Crippen molar-refractivity contribution in [2.75, 3.05) is 32.3 Å². The van der Waals surface area contributed by atoms with Gasteiger partial charge in [0.2, 0.25) is 0 Å². The number of methoxy groups -OCH3 is 2. The Morgan fingerprint density at radius 2 is 1.85 bits per heavy atom. The topological polar surface area (TPSA) is 82.1 Å². The van der Waals surface area contributed by atoms with E-state index in [1.807, 2.05) is 0 Å². The first-order valence-electron chi connectivity index (χ1n) is 7.48. The van der Waals surface area contributed by atoms with Gasteiger partial charge >= 0.3 is 11.9 Å². The Morgan fingerprint density at radius 3 is 2.35 bits per heavy atom. The van der Waals surface area contributed by atoms with E-state index < -0.39 is 53.4 Å². The molecule has 1 rings (SSSR count). The Hall–Kier alpha value is -2.81. The molecule has 0 fully saturated rings. The summed E-state index contributed by atoms with van der Waals surface area (Å²) >= 11 is 0. The molecule has 0 saturated carbocycles. The molecule has 142 valence electrons. The van der Waals surface area contributed by atoms with E-state index in [2.05, 4.69) is 16.1 Å². The third-order valence-electron chi connectivity index (χ3n) is 3.33. The summed E-state index contributed by atoms with van der Waals surface area (Å²) < 4.78 is 41.6. The Morgan fingerprint density at radius 1 is 1.19 bits per heavy atom. The molecule has 0 N–H and O–H groups in total. The van der Waals surface area contributed by atoms with Crippen molar-refractivity contribution in [1.29, 1.82) is 0 Å². The summed E-state index contributed by atoms with van der Waals surface area (Å²) in [6.45, 7) is 4.73. The number of halogens is 2. The molecule has 0 aliphatic heterocycles. The number of ether oxygens (including phenoxy) is 3. The van der Waals surface area contributed by atoms with E-state index in [0.717, 1.165) is 26.4 Å². The van der Waals surface area contributed by atoms with Crippen LogP contribution in [0.25, 0.3) is 0 Å². The van der Waals surface area contributed by atoms with Crippen molar-refractivity contribution in [1.82, 2.24) is 0 Å². The van der Waals surface area contributed by atoms with Gasteiger partial charge in [-0.2, -0.15) is 0 Å². The Kier molecular flexibility index (Phi) is 7.85. The first-order chi connectivity index (χ1) is 12.3. The lowest BCUT2D eigenvalue weighted by molar-refractivity contribution is -0.145. The molecule has 1 unspecified atom stereocenters. The third kappa shape index (κ3) is 4.85. The van der Waals surface area contributed by atoms with Crippen molar-refractivity contribution in [2.24, 2.45) is 0 Å². The second-order valence-electron chi connectivity index (χ2n) is 4.94. The third-order valence-corrected chi connectivity index (χ3v) is 3.33. The molecule has 0 aromatic heterocycles. The maximum atomic E-state index is 14.3. The second kappa shape index (κ2) is 9.62. The number of hydrogen-bond acceptors (Lipinski definition) is 6. The van der Waals surface area contributed by atoms with Gasteiger partial charge in [-0.25, -0.2) is 18.4 Å². The minimum absolute atomic E-state index is 0.173. The molecule has 1 amide bonds. The monoisotopic (exact) mass is 371 g/mol. The first-order valence-corrected chi connectivity index (χ1v) is 7.48. The molecule has 1 aromatic rings. The van der Waals surface area contributed by atoms with E-state index in [-0.39, 0.29) is 6.61 Å². The van der Waals surface area contributed by atoms with Crippen LogP contribution in [-0.2, 0) is 28.6 Å². The van der Waals surface area contributed by atoms with Crippen LogP contribution in [0.1, 0.15) is 6.92 Å². The van der Waals surface area contributed by atoms with Crippen molar-refractivity contribution in [3.8, 4) is 0 Å². The molecule has 0 aliphatic carbocycles. The van der Waals surface area contributed by atoms with E-state index in [1.165, 1.54) is 0 Å². The number of anilines is 1. The van der Waals surface area contributed by atoms with Crippen LogP contribution in [-0.4, -0.2) is 51.3 Å². The van der Waals surface area contributed by atoms with Crippen LogP contribution in [0.2, 0.25) is 0 Å². The zero-order valence-corrected chi connectivity index (χ0v) is 14.6. The van der Waals surface area contributed by atoms with Gasteiger partial charge in [-0.15, -0.1) is 0 Å². The zero-order valence-electron chi connectivity index (χ0n) is 14.6. The lowest BCUT2D eigenvalue weighted by Gasteiger charge is -2.30. The molecule has 0 bridgehead atoms. The molecule has 0 radical (unpaired) electrons. The van der Waals surface area contributed by atoms with Crippen molar-refractivity contribution in [2.45, 2.75) is 13.0 Å². The fourth-order valence-electron chi connectivity index (χ4n) is 2.11. The molecule has 26 heavy (non-hydrogen) atoms. The molecule has 1 aromatic carbocycles. The Labute approximate surface area is 149 Å². The summed E-state index contributed by atoms with van der Waals surface area (Å²) in [7, 11) is 2.07. The highest BCUT2D eigenvalue weighted by Crippen LogP contribution is 2.26. The van der Waals surface area contributed by atoms with Gasteiger partial charge in [-0.1, -0.05) is 6.58 Å². The van der Waals surface area contributed by atoms with Gasteiger partial charge in [-0.05, 0) is 19.1 Å². The summed E-state index contributed by atoms with van der Waals surface area (Å²) in [6, 6.07) is 0.662. The normalized spacial score (nSPS) is 11.4. The van der Waals surface area contributed by atoms with Gasteiger partial charge in [0.25, 0.3) is 5.91 Å². The van der Waals surface area contributed by atoms with Gasteiger partial charge in [0.15, 0.2) is 6.04 Å². The lowest BCUT2D eigenvalue weighted by Crippen LogP contribution is -2.50. The van der Waals surface area contributed by atoms with Crippen LogP contribution in [0.3, 0.4) is 0 Å². The van der Waals surface area contributed by atoms with Crippen LogP contribution in [0.4, 0.5) is 14.5 Å². The molecule has 9 heteroatoms. The molecule has 0 aliphatic rings. The van der Waals surface area contributed by atoms with E-state index in [1.54, 1.807) is 6.92 Å². The molecular formula is C17H19F2NO6. The second-order valence-corrected chi connectivity index (χ2v) is 4.94. The maximum absolute atomic E-state index is 14.3. The quantitative estimate of drug-likeness (QED) is 0.510. The number of benzene rings is 1. The summed E-state index contributed by atoms with van der Waals surface area (Å²) in [4.78, 5) is 37.2. The van der Waals surface area contributed by atoms with Gasteiger partial charge in [-0.3, -0.25) is 9.69 Å². The Bertz CT molecular complexity index is 706. The molecule has 1 atom stereocenters. The Balaban J connectivity index is 3.51. The highest BCUT2D eigenvalue weighted by Gasteiger charge is 2.38. The molecule has 0 spiro atoms. The summed E-state index contributed by atoms with van der Waals surface area (Å²) in [5.41, 5.74) is -0.913. The van der Waals surface area contributed by atoms with Crippen molar-refractivity contribution in [3.63, 3.8) is 0 Å². The van der Waals surface area contributed by atoms with Crippen molar-refractivity contribution < 1.29 is 37.4 Å². The van der Waals surface area contributed by atoms with E-state index in [9.17, 15) is 23.2 Å². The minimum atomic E-state index is -1.72. The fraction of sp³-hybridized carbons (Fsp3) is 0.353. The van der Waals surface area contributed by atoms with E-state index in [4.69, 9.17) is 4.74 Å².